The molecule has 7 heteroatoms. The van der Waals surface area contributed by atoms with E-state index in [9.17, 15) is 14.4 Å². The Morgan fingerprint density at radius 2 is 1.77 bits per heavy atom. The summed E-state index contributed by atoms with van der Waals surface area (Å²) in [6.45, 7) is 8.62. The number of nitrogens with one attached hydrogen (secondary N) is 1. The zero-order valence-electron chi connectivity index (χ0n) is 18.1. The van der Waals surface area contributed by atoms with E-state index < -0.39 is 11.9 Å². The van der Waals surface area contributed by atoms with Gasteiger partial charge in [0, 0.05) is 29.1 Å². The Balaban J connectivity index is 1.79. The maximum Gasteiger partial charge on any atom is 0.325 e. The van der Waals surface area contributed by atoms with Crippen LogP contribution >= 0.6 is 0 Å². The van der Waals surface area contributed by atoms with E-state index in [-0.39, 0.29) is 18.9 Å². The molecule has 30 heavy (non-hydrogen) atoms. The van der Waals surface area contributed by atoms with Crippen molar-refractivity contribution < 1.29 is 23.9 Å². The number of ketones is 1. The van der Waals surface area contributed by atoms with Gasteiger partial charge in [-0.25, -0.2) is 0 Å². The highest BCUT2D eigenvalue weighted by molar-refractivity contribution is 6.00. The van der Waals surface area contributed by atoms with Gasteiger partial charge in [0.1, 0.15) is 12.3 Å². The number of benzene rings is 1. The molecule has 0 bridgehead atoms. The van der Waals surface area contributed by atoms with Crippen LogP contribution in [-0.4, -0.2) is 42.0 Å². The number of esters is 1. The highest BCUT2D eigenvalue weighted by atomic mass is 16.5. The molecule has 2 aromatic rings. The number of aryl methyl sites for hydroxylation is 1. The van der Waals surface area contributed by atoms with Gasteiger partial charge in [-0.05, 0) is 57.5 Å². The third-order valence-corrected chi connectivity index (χ3v) is 4.83. The Morgan fingerprint density at radius 3 is 2.37 bits per heavy atom. The van der Waals surface area contributed by atoms with Crippen LogP contribution in [0.1, 0.15) is 58.8 Å². The second kappa shape index (κ2) is 11.2. The van der Waals surface area contributed by atoms with E-state index in [0.29, 0.717) is 23.5 Å². The van der Waals surface area contributed by atoms with Gasteiger partial charge < -0.3 is 19.4 Å². The molecule has 1 aromatic carbocycles. The summed E-state index contributed by atoms with van der Waals surface area (Å²) in [5.74, 6) is -0.633. The van der Waals surface area contributed by atoms with Crippen molar-refractivity contribution >= 4 is 17.7 Å². The topological polar surface area (TPSA) is 86.6 Å². The van der Waals surface area contributed by atoms with Gasteiger partial charge in [-0.1, -0.05) is 13.3 Å². The van der Waals surface area contributed by atoms with Crippen LogP contribution in [0.3, 0.4) is 0 Å². The van der Waals surface area contributed by atoms with E-state index in [1.807, 2.05) is 25.3 Å². The van der Waals surface area contributed by atoms with Gasteiger partial charge in [0.15, 0.2) is 6.61 Å². The predicted octanol–water partition coefficient (Wildman–Crippen LogP) is 3.46. The number of aromatic nitrogens is 1. The minimum Gasteiger partial charge on any atom is -0.494 e. The first-order valence-electron chi connectivity index (χ1n) is 10.2. The third kappa shape index (κ3) is 6.20. The van der Waals surface area contributed by atoms with Gasteiger partial charge in [-0.2, -0.15) is 0 Å². The average Bonchev–Trinajstić information content (AvgIpc) is 3.04. The van der Waals surface area contributed by atoms with E-state index in [1.54, 1.807) is 30.3 Å². The van der Waals surface area contributed by atoms with Crippen LogP contribution in [0.25, 0.3) is 0 Å². The van der Waals surface area contributed by atoms with Crippen molar-refractivity contribution in [1.82, 2.24) is 9.88 Å². The number of rotatable bonds is 11. The van der Waals surface area contributed by atoms with Gasteiger partial charge >= 0.3 is 5.97 Å². The Bertz CT molecular complexity index is 884. The molecule has 2 rings (SSSR count). The first kappa shape index (κ1) is 23.2. The molecule has 1 N–H and O–H groups in total. The largest absolute Gasteiger partial charge is 0.494 e. The minimum atomic E-state index is -0.666. The summed E-state index contributed by atoms with van der Waals surface area (Å²) in [7, 11) is 0. The molecular formula is C23H30N2O5. The SMILES string of the molecule is CCCCOc1ccc(C(=O)NCC(=O)OCC(=O)c2cc(C)n(CC)c2C)cc1. The standard InChI is InChI=1S/C23H30N2O5/c1-5-7-12-29-19-10-8-18(9-11-19)23(28)24-14-22(27)30-15-21(26)20-13-16(3)25(6-2)17(20)4/h8-11,13H,5-7,12,14-15H2,1-4H3,(H,24,28). The zero-order chi connectivity index (χ0) is 22.1. The summed E-state index contributed by atoms with van der Waals surface area (Å²) in [6, 6.07) is 8.50. The van der Waals surface area contributed by atoms with Crippen LogP contribution in [0.2, 0.25) is 0 Å². The fraction of sp³-hybridized carbons (Fsp3) is 0.435. The Kier molecular flexibility index (Phi) is 8.65. The van der Waals surface area contributed by atoms with E-state index >= 15 is 0 Å². The summed E-state index contributed by atoms with van der Waals surface area (Å²) in [4.78, 5) is 36.4. The minimum absolute atomic E-state index is 0.263. The van der Waals surface area contributed by atoms with E-state index in [2.05, 4.69) is 12.2 Å². The maximum atomic E-state index is 12.3. The Labute approximate surface area is 177 Å². The van der Waals surface area contributed by atoms with Crippen molar-refractivity contribution in [3.8, 4) is 5.75 Å². The fourth-order valence-corrected chi connectivity index (χ4v) is 3.14. The normalized spacial score (nSPS) is 10.5. The fourth-order valence-electron chi connectivity index (χ4n) is 3.14. The molecule has 162 valence electrons. The van der Waals surface area contributed by atoms with E-state index in [0.717, 1.165) is 30.8 Å². The van der Waals surface area contributed by atoms with Crippen molar-refractivity contribution in [2.75, 3.05) is 19.8 Å². The van der Waals surface area contributed by atoms with Crippen LogP contribution in [0.4, 0.5) is 0 Å². The molecule has 0 saturated carbocycles. The number of hydrogen-bond acceptors (Lipinski definition) is 5. The van der Waals surface area contributed by atoms with Crippen molar-refractivity contribution in [2.45, 2.75) is 47.1 Å². The summed E-state index contributed by atoms with van der Waals surface area (Å²) >= 11 is 0. The molecule has 0 radical (unpaired) electrons. The number of hydrogen-bond donors (Lipinski definition) is 1. The van der Waals surface area contributed by atoms with Crippen LogP contribution in [0.5, 0.6) is 5.75 Å². The van der Waals surface area contributed by atoms with Gasteiger partial charge in [-0.3, -0.25) is 14.4 Å². The van der Waals surface area contributed by atoms with E-state index in [4.69, 9.17) is 9.47 Å². The molecule has 1 heterocycles. The molecule has 1 aromatic heterocycles. The van der Waals surface area contributed by atoms with E-state index in [1.165, 1.54) is 0 Å². The van der Waals surface area contributed by atoms with Gasteiger partial charge in [0.05, 0.1) is 6.61 Å². The average molecular weight is 415 g/mol. The maximum absolute atomic E-state index is 12.3. The number of carbonyl (C=O) groups is 3. The highest BCUT2D eigenvalue weighted by Crippen LogP contribution is 2.16. The molecule has 0 spiro atoms. The van der Waals surface area contributed by atoms with Crippen LogP contribution < -0.4 is 10.1 Å². The van der Waals surface area contributed by atoms with Gasteiger partial charge in [0.2, 0.25) is 5.78 Å². The summed E-state index contributed by atoms with van der Waals surface area (Å²) in [5, 5.41) is 2.50. The first-order valence-corrected chi connectivity index (χ1v) is 10.2. The third-order valence-electron chi connectivity index (χ3n) is 4.83. The lowest BCUT2D eigenvalue weighted by molar-refractivity contribution is -0.141. The van der Waals surface area contributed by atoms with Crippen molar-refractivity contribution in [3.05, 3.63) is 52.8 Å². The Morgan fingerprint density at radius 1 is 1.07 bits per heavy atom. The van der Waals surface area contributed by atoms with Gasteiger partial charge in [0.25, 0.3) is 5.91 Å². The zero-order valence-corrected chi connectivity index (χ0v) is 18.1. The second-order valence-corrected chi connectivity index (χ2v) is 7.02. The van der Waals surface area contributed by atoms with Crippen LogP contribution in [-0.2, 0) is 16.1 Å². The molecule has 0 atom stereocenters. The Hall–Kier alpha value is -3.09. The summed E-state index contributed by atoms with van der Waals surface area (Å²) < 4.78 is 12.6. The van der Waals surface area contributed by atoms with Crippen LogP contribution in [0, 0.1) is 13.8 Å². The number of nitrogens with zero attached hydrogens (tertiary/aromatic N) is 1. The van der Waals surface area contributed by atoms with Crippen molar-refractivity contribution in [3.63, 3.8) is 0 Å². The number of amides is 1. The number of unbranched alkanes of at least 4 members (excludes halogenated alkanes) is 1. The summed E-state index contributed by atoms with van der Waals surface area (Å²) in [5.41, 5.74) is 2.80. The lowest BCUT2D eigenvalue weighted by Gasteiger charge is -2.08. The molecule has 0 fully saturated rings. The molecule has 0 aliphatic carbocycles. The smallest absolute Gasteiger partial charge is 0.325 e. The highest BCUT2D eigenvalue weighted by Gasteiger charge is 2.17. The van der Waals surface area contributed by atoms with Crippen molar-refractivity contribution in [1.29, 1.82) is 0 Å². The quantitative estimate of drug-likeness (QED) is 0.346. The molecule has 0 unspecified atom stereocenters. The molecular weight excluding hydrogens is 384 g/mol. The molecule has 1 amide bonds. The van der Waals surface area contributed by atoms with Crippen LogP contribution in [0.15, 0.2) is 30.3 Å². The molecule has 0 aliphatic heterocycles. The second-order valence-electron chi connectivity index (χ2n) is 7.02. The number of ether oxygens (including phenoxy) is 2. The molecule has 7 nitrogen and oxygen atoms in total. The summed E-state index contributed by atoms with van der Waals surface area (Å²) in [6.07, 6.45) is 2.02. The van der Waals surface area contributed by atoms with Crippen molar-refractivity contribution in [2.24, 2.45) is 0 Å². The van der Waals surface area contributed by atoms with Gasteiger partial charge in [-0.15, -0.1) is 0 Å². The number of carbonyl (C=O) groups excluding carboxylic acids is 3. The monoisotopic (exact) mass is 414 g/mol. The molecule has 0 saturated heterocycles. The predicted molar refractivity (Wildman–Crippen MR) is 114 cm³/mol. The lowest BCUT2D eigenvalue weighted by Crippen LogP contribution is -2.31. The first-order chi connectivity index (χ1) is 14.4. The molecule has 0 aliphatic rings. The lowest BCUT2D eigenvalue weighted by atomic mass is 10.1. The number of Topliss-reactive ketones (excluding diaryl/α,β-unsaturated/α-hetero) is 1.